The summed E-state index contributed by atoms with van der Waals surface area (Å²) in [5.74, 6) is -0.956. The van der Waals surface area contributed by atoms with E-state index in [0.717, 1.165) is 19.2 Å². The van der Waals surface area contributed by atoms with Crippen molar-refractivity contribution in [3.8, 4) is 5.75 Å². The van der Waals surface area contributed by atoms with Crippen LogP contribution in [0.1, 0.15) is 20.7 Å². The summed E-state index contributed by atoms with van der Waals surface area (Å²) in [5, 5.41) is 13.6. The van der Waals surface area contributed by atoms with E-state index in [-0.39, 0.29) is 16.8 Å². The number of para-hydroxylation sites is 2. The van der Waals surface area contributed by atoms with Gasteiger partial charge in [-0.15, -0.1) is 0 Å². The highest BCUT2D eigenvalue weighted by molar-refractivity contribution is 6.06. The first-order valence-electron chi connectivity index (χ1n) is 6.78. The van der Waals surface area contributed by atoms with Gasteiger partial charge in [-0.2, -0.15) is 0 Å². The van der Waals surface area contributed by atoms with Crippen LogP contribution in [0.15, 0.2) is 42.5 Å². The van der Waals surface area contributed by atoms with E-state index in [1.165, 1.54) is 13.2 Å². The van der Waals surface area contributed by atoms with E-state index in [2.05, 4.69) is 10.1 Å². The van der Waals surface area contributed by atoms with Crippen LogP contribution in [0.3, 0.4) is 0 Å². The molecular formula is C16H14N2O6. The van der Waals surface area contributed by atoms with Gasteiger partial charge in [-0.25, -0.2) is 4.79 Å². The van der Waals surface area contributed by atoms with E-state index < -0.39 is 16.8 Å². The molecule has 0 aliphatic rings. The van der Waals surface area contributed by atoms with Crippen molar-refractivity contribution in [3.63, 3.8) is 0 Å². The lowest BCUT2D eigenvalue weighted by Gasteiger charge is -2.10. The van der Waals surface area contributed by atoms with Gasteiger partial charge in [0.05, 0.1) is 30.4 Å². The van der Waals surface area contributed by atoms with Gasteiger partial charge in [0.25, 0.3) is 11.6 Å². The normalized spacial score (nSPS) is 9.92. The van der Waals surface area contributed by atoms with E-state index in [0.29, 0.717) is 11.4 Å². The van der Waals surface area contributed by atoms with Crippen molar-refractivity contribution in [2.45, 2.75) is 0 Å². The number of carbonyl (C=O) groups excluding carboxylic acids is 2. The first-order chi connectivity index (χ1) is 11.5. The molecule has 1 N–H and O–H groups in total. The van der Waals surface area contributed by atoms with E-state index in [4.69, 9.17) is 4.74 Å². The number of hydrogen-bond donors (Lipinski definition) is 1. The van der Waals surface area contributed by atoms with Crippen LogP contribution in [-0.2, 0) is 4.74 Å². The lowest BCUT2D eigenvalue weighted by molar-refractivity contribution is -0.384. The number of nitro groups is 1. The van der Waals surface area contributed by atoms with Gasteiger partial charge in [0, 0.05) is 17.7 Å². The smallest absolute Gasteiger partial charge is 0.338 e. The molecule has 8 nitrogen and oxygen atoms in total. The molecule has 0 aliphatic carbocycles. The fourth-order valence-corrected chi connectivity index (χ4v) is 2.03. The molecule has 0 spiro atoms. The zero-order valence-corrected chi connectivity index (χ0v) is 12.9. The molecule has 24 heavy (non-hydrogen) atoms. The number of nitrogens with one attached hydrogen (secondary N) is 1. The second kappa shape index (κ2) is 7.23. The number of anilines is 1. The summed E-state index contributed by atoms with van der Waals surface area (Å²) in [4.78, 5) is 34.3. The van der Waals surface area contributed by atoms with Crippen molar-refractivity contribution in [1.29, 1.82) is 0 Å². The fourth-order valence-electron chi connectivity index (χ4n) is 2.03. The van der Waals surface area contributed by atoms with Gasteiger partial charge in [-0.3, -0.25) is 14.9 Å². The first-order valence-corrected chi connectivity index (χ1v) is 6.78. The fraction of sp³-hybridized carbons (Fsp3) is 0.125. The SMILES string of the molecule is COC(=O)c1cc(C(=O)Nc2ccccc2OC)cc([N+](=O)[O-])c1. The third-order valence-corrected chi connectivity index (χ3v) is 3.17. The Bertz CT molecular complexity index is 803. The number of methoxy groups -OCH3 is 2. The van der Waals surface area contributed by atoms with Crippen LogP contribution in [0, 0.1) is 10.1 Å². The molecule has 0 saturated heterocycles. The van der Waals surface area contributed by atoms with Crippen molar-refractivity contribution in [2.75, 3.05) is 19.5 Å². The Kier molecular flexibility index (Phi) is 5.10. The Balaban J connectivity index is 2.39. The summed E-state index contributed by atoms with van der Waals surface area (Å²) in [5.41, 5.74) is -0.119. The highest BCUT2D eigenvalue weighted by Gasteiger charge is 2.19. The summed E-state index contributed by atoms with van der Waals surface area (Å²) in [6.45, 7) is 0. The average Bonchev–Trinajstić information content (AvgIpc) is 2.60. The third-order valence-electron chi connectivity index (χ3n) is 3.17. The van der Waals surface area contributed by atoms with E-state index in [1.807, 2.05) is 0 Å². The molecule has 0 saturated carbocycles. The molecular weight excluding hydrogens is 316 g/mol. The number of nitrogens with zero attached hydrogens (tertiary/aromatic N) is 1. The van der Waals surface area contributed by atoms with Crippen molar-refractivity contribution < 1.29 is 24.0 Å². The van der Waals surface area contributed by atoms with Gasteiger partial charge < -0.3 is 14.8 Å². The van der Waals surface area contributed by atoms with Crippen LogP contribution in [0.25, 0.3) is 0 Å². The Labute approximate surface area is 137 Å². The van der Waals surface area contributed by atoms with Crippen LogP contribution < -0.4 is 10.1 Å². The van der Waals surface area contributed by atoms with Crippen molar-refractivity contribution in [2.24, 2.45) is 0 Å². The molecule has 0 aromatic heterocycles. The summed E-state index contributed by atoms with van der Waals surface area (Å²) < 4.78 is 9.67. The van der Waals surface area contributed by atoms with Crippen LogP contribution in [0.5, 0.6) is 5.75 Å². The molecule has 0 unspecified atom stereocenters. The number of nitro benzene ring substituents is 1. The number of rotatable bonds is 5. The minimum atomic E-state index is -0.773. The minimum absolute atomic E-state index is 0.0458. The van der Waals surface area contributed by atoms with Crippen molar-refractivity contribution >= 4 is 23.3 Å². The number of esters is 1. The molecule has 0 fully saturated rings. The van der Waals surface area contributed by atoms with E-state index in [1.54, 1.807) is 24.3 Å². The lowest BCUT2D eigenvalue weighted by Crippen LogP contribution is -2.14. The van der Waals surface area contributed by atoms with Crippen LogP contribution in [0.2, 0.25) is 0 Å². The highest BCUT2D eigenvalue weighted by Crippen LogP contribution is 2.25. The van der Waals surface area contributed by atoms with Gasteiger partial charge in [0.1, 0.15) is 5.75 Å². The number of carbonyl (C=O) groups is 2. The Morgan fingerprint density at radius 3 is 2.38 bits per heavy atom. The highest BCUT2D eigenvalue weighted by atomic mass is 16.6. The number of hydrogen-bond acceptors (Lipinski definition) is 6. The predicted molar refractivity (Wildman–Crippen MR) is 85.4 cm³/mol. The Morgan fingerprint density at radius 1 is 1.08 bits per heavy atom. The maximum absolute atomic E-state index is 12.4. The molecule has 2 rings (SSSR count). The first kappa shape index (κ1) is 16.9. The van der Waals surface area contributed by atoms with Crippen molar-refractivity contribution in [1.82, 2.24) is 0 Å². The molecule has 8 heteroatoms. The molecule has 0 heterocycles. The lowest BCUT2D eigenvalue weighted by atomic mass is 10.1. The molecule has 2 aromatic rings. The Morgan fingerprint density at radius 2 is 1.75 bits per heavy atom. The second-order valence-corrected chi connectivity index (χ2v) is 4.67. The summed E-state index contributed by atoms with van der Waals surface area (Å²) in [6.07, 6.45) is 0. The minimum Gasteiger partial charge on any atom is -0.495 e. The molecule has 2 aromatic carbocycles. The van der Waals surface area contributed by atoms with Crippen LogP contribution >= 0.6 is 0 Å². The van der Waals surface area contributed by atoms with Gasteiger partial charge in [0.15, 0.2) is 0 Å². The predicted octanol–water partition coefficient (Wildman–Crippen LogP) is 2.64. The van der Waals surface area contributed by atoms with Crippen LogP contribution in [0.4, 0.5) is 11.4 Å². The molecule has 0 radical (unpaired) electrons. The van der Waals surface area contributed by atoms with Gasteiger partial charge in [-0.05, 0) is 18.2 Å². The number of benzene rings is 2. The molecule has 0 aliphatic heterocycles. The summed E-state index contributed by atoms with van der Waals surface area (Å²) >= 11 is 0. The van der Waals surface area contributed by atoms with Crippen molar-refractivity contribution in [3.05, 3.63) is 63.7 Å². The number of amides is 1. The zero-order valence-electron chi connectivity index (χ0n) is 12.9. The monoisotopic (exact) mass is 330 g/mol. The van der Waals surface area contributed by atoms with Gasteiger partial charge >= 0.3 is 5.97 Å². The maximum Gasteiger partial charge on any atom is 0.338 e. The van der Waals surface area contributed by atoms with Crippen LogP contribution in [-0.4, -0.2) is 31.0 Å². The summed E-state index contributed by atoms with van der Waals surface area (Å²) in [7, 11) is 2.60. The zero-order chi connectivity index (χ0) is 17.7. The maximum atomic E-state index is 12.4. The largest absolute Gasteiger partial charge is 0.495 e. The molecule has 1 amide bonds. The quantitative estimate of drug-likeness (QED) is 0.513. The standard InChI is InChI=1S/C16H14N2O6/c1-23-14-6-4-3-5-13(14)17-15(19)10-7-11(16(20)24-2)9-12(8-10)18(21)22/h3-9H,1-2H3,(H,17,19). The molecule has 0 atom stereocenters. The average molecular weight is 330 g/mol. The van der Waals surface area contributed by atoms with E-state index >= 15 is 0 Å². The number of non-ortho nitro benzene ring substituents is 1. The third kappa shape index (κ3) is 3.67. The van der Waals surface area contributed by atoms with Gasteiger partial charge in [-0.1, -0.05) is 12.1 Å². The van der Waals surface area contributed by atoms with Gasteiger partial charge in [0.2, 0.25) is 0 Å². The topological polar surface area (TPSA) is 108 Å². The molecule has 124 valence electrons. The second-order valence-electron chi connectivity index (χ2n) is 4.67. The number of ether oxygens (including phenoxy) is 2. The summed E-state index contributed by atoms with van der Waals surface area (Å²) in [6, 6.07) is 10.1. The molecule has 0 bridgehead atoms. The van der Waals surface area contributed by atoms with E-state index in [9.17, 15) is 19.7 Å². The Hall–Kier alpha value is -3.42.